The third-order valence-electron chi connectivity index (χ3n) is 4.80. The van der Waals surface area contributed by atoms with Crippen LogP contribution in [-0.4, -0.2) is 32.3 Å². The number of carbonyl (C=O) groups is 1. The van der Waals surface area contributed by atoms with Gasteiger partial charge in [0.15, 0.2) is 11.5 Å². The molecule has 0 fully saturated rings. The molecular weight excluding hydrogens is 420 g/mol. The monoisotopic (exact) mass is 446 g/mol. The number of benzene rings is 3. The van der Waals surface area contributed by atoms with Gasteiger partial charge in [0.1, 0.15) is 5.75 Å². The van der Waals surface area contributed by atoms with Crippen LogP contribution in [0.2, 0.25) is 0 Å². The zero-order valence-corrected chi connectivity index (χ0v) is 18.7. The fourth-order valence-electron chi connectivity index (χ4n) is 3.10. The topological polar surface area (TPSA) is 103 Å². The molecule has 3 aromatic rings. The van der Waals surface area contributed by atoms with Gasteiger partial charge in [-0.05, 0) is 59.2 Å². The van der Waals surface area contributed by atoms with E-state index >= 15 is 0 Å². The number of rotatable bonds is 8. The van der Waals surface area contributed by atoms with Gasteiger partial charge in [0.25, 0.3) is 0 Å². The van der Waals surface area contributed by atoms with Crippen molar-refractivity contribution in [1.82, 2.24) is 0 Å². The fourth-order valence-corrected chi connectivity index (χ4v) is 3.10. The van der Waals surface area contributed by atoms with Gasteiger partial charge in [-0.1, -0.05) is 30.4 Å². The Labute approximate surface area is 192 Å². The van der Waals surface area contributed by atoms with Crippen LogP contribution in [0, 0.1) is 0 Å². The molecule has 7 heteroatoms. The highest BCUT2D eigenvalue weighted by Crippen LogP contribution is 2.38. The molecule has 0 aliphatic heterocycles. The molecule has 0 aliphatic rings. The van der Waals surface area contributed by atoms with Crippen LogP contribution in [0.1, 0.15) is 16.7 Å². The second kappa shape index (κ2) is 10.8. The molecule has 1 amide bonds. The van der Waals surface area contributed by atoms with Crippen LogP contribution in [-0.2, 0) is 4.79 Å². The molecule has 0 saturated carbocycles. The molecule has 0 saturated heterocycles. The molecule has 33 heavy (non-hydrogen) atoms. The summed E-state index contributed by atoms with van der Waals surface area (Å²) in [4.78, 5) is 12.3. The highest BCUT2D eigenvalue weighted by molar-refractivity contribution is 6.03. The Hall–Kier alpha value is -4.39. The number of anilines is 2. The van der Waals surface area contributed by atoms with Gasteiger partial charge in [0, 0.05) is 11.8 Å². The molecule has 3 aromatic carbocycles. The number of carbonyl (C=O) groups excluding carboxylic acids is 1. The Bertz CT molecular complexity index is 1160. The van der Waals surface area contributed by atoms with E-state index in [0.717, 1.165) is 16.7 Å². The summed E-state index contributed by atoms with van der Waals surface area (Å²) in [5, 5.41) is 12.8. The lowest BCUT2D eigenvalue weighted by atomic mass is 10.1. The predicted octanol–water partition coefficient (Wildman–Crippen LogP) is 4.82. The average Bonchev–Trinajstić information content (AvgIpc) is 2.83. The Morgan fingerprint density at radius 1 is 0.818 bits per heavy atom. The van der Waals surface area contributed by atoms with Crippen molar-refractivity contribution in [2.45, 2.75) is 0 Å². The van der Waals surface area contributed by atoms with Crippen molar-refractivity contribution < 1.29 is 24.1 Å². The van der Waals surface area contributed by atoms with Crippen LogP contribution in [0.15, 0.2) is 60.7 Å². The number of nitrogens with two attached hydrogens (primary N) is 1. The highest BCUT2D eigenvalue weighted by Gasteiger charge is 2.12. The summed E-state index contributed by atoms with van der Waals surface area (Å²) in [5.41, 5.74) is 9.06. The van der Waals surface area contributed by atoms with Gasteiger partial charge in [0.2, 0.25) is 11.7 Å². The number of nitrogens with one attached hydrogen (secondary N) is 1. The molecule has 7 nitrogen and oxygen atoms in total. The van der Waals surface area contributed by atoms with Gasteiger partial charge in [-0.15, -0.1) is 0 Å². The second-order valence-corrected chi connectivity index (χ2v) is 7.06. The van der Waals surface area contributed by atoms with E-state index in [2.05, 4.69) is 5.32 Å². The summed E-state index contributed by atoms with van der Waals surface area (Å²) in [6.07, 6.45) is 6.77. The van der Waals surface area contributed by atoms with Crippen LogP contribution in [0.4, 0.5) is 11.4 Å². The maximum atomic E-state index is 12.3. The number of aromatic hydroxyl groups is 1. The summed E-state index contributed by atoms with van der Waals surface area (Å²) in [6.45, 7) is 0. The zero-order valence-electron chi connectivity index (χ0n) is 18.7. The number of ether oxygens (including phenoxy) is 3. The minimum absolute atomic E-state index is 0.0332. The molecule has 0 heterocycles. The summed E-state index contributed by atoms with van der Waals surface area (Å²) >= 11 is 0. The summed E-state index contributed by atoms with van der Waals surface area (Å²) < 4.78 is 16.1. The number of phenols is 1. The van der Waals surface area contributed by atoms with Crippen molar-refractivity contribution in [1.29, 1.82) is 0 Å². The van der Waals surface area contributed by atoms with Gasteiger partial charge >= 0.3 is 0 Å². The van der Waals surface area contributed by atoms with Crippen molar-refractivity contribution >= 4 is 35.5 Å². The lowest BCUT2D eigenvalue weighted by Crippen LogP contribution is -2.08. The normalized spacial score (nSPS) is 11.0. The lowest BCUT2D eigenvalue weighted by Gasteiger charge is -2.12. The minimum atomic E-state index is -0.368. The first-order chi connectivity index (χ1) is 15.9. The van der Waals surface area contributed by atoms with Crippen LogP contribution in [0.25, 0.3) is 18.2 Å². The molecule has 0 unspecified atom stereocenters. The third kappa shape index (κ3) is 6.07. The highest BCUT2D eigenvalue weighted by atomic mass is 16.5. The van der Waals surface area contributed by atoms with E-state index in [-0.39, 0.29) is 11.7 Å². The number of amides is 1. The summed E-state index contributed by atoms with van der Waals surface area (Å²) in [5.74, 6) is 1.20. The molecule has 170 valence electrons. The van der Waals surface area contributed by atoms with E-state index in [1.165, 1.54) is 12.1 Å². The molecule has 4 N–H and O–H groups in total. The maximum absolute atomic E-state index is 12.3. The Morgan fingerprint density at radius 3 is 2.03 bits per heavy atom. The van der Waals surface area contributed by atoms with E-state index in [9.17, 15) is 9.90 Å². The smallest absolute Gasteiger partial charge is 0.248 e. The van der Waals surface area contributed by atoms with Crippen LogP contribution >= 0.6 is 0 Å². The van der Waals surface area contributed by atoms with Gasteiger partial charge in [-0.3, -0.25) is 4.79 Å². The molecular formula is C26H26N2O5. The van der Waals surface area contributed by atoms with Crippen molar-refractivity contribution in [2.75, 3.05) is 32.4 Å². The average molecular weight is 447 g/mol. The van der Waals surface area contributed by atoms with Crippen molar-refractivity contribution in [3.05, 3.63) is 77.4 Å². The fraction of sp³-hybridized carbons (Fsp3) is 0.115. The van der Waals surface area contributed by atoms with Crippen molar-refractivity contribution in [3.63, 3.8) is 0 Å². The molecule has 3 rings (SSSR count). The predicted molar refractivity (Wildman–Crippen MR) is 132 cm³/mol. The minimum Gasteiger partial charge on any atom is -0.506 e. The van der Waals surface area contributed by atoms with E-state index in [1.54, 1.807) is 51.7 Å². The first kappa shape index (κ1) is 23.3. The van der Waals surface area contributed by atoms with Gasteiger partial charge in [-0.2, -0.15) is 0 Å². The first-order valence-electron chi connectivity index (χ1n) is 10.1. The van der Waals surface area contributed by atoms with Gasteiger partial charge in [0.05, 0.1) is 27.0 Å². The van der Waals surface area contributed by atoms with Gasteiger partial charge < -0.3 is 30.4 Å². The molecule has 0 atom stereocenters. The molecule has 0 bridgehead atoms. The Morgan fingerprint density at radius 2 is 1.42 bits per heavy atom. The summed E-state index contributed by atoms with van der Waals surface area (Å²) in [7, 11) is 4.66. The lowest BCUT2D eigenvalue weighted by molar-refractivity contribution is -0.111. The van der Waals surface area contributed by atoms with Crippen molar-refractivity contribution in [2.24, 2.45) is 0 Å². The number of nitrogen functional groups attached to an aromatic ring is 1. The second-order valence-electron chi connectivity index (χ2n) is 7.06. The van der Waals surface area contributed by atoms with Crippen LogP contribution < -0.4 is 25.3 Å². The number of hydrogen-bond acceptors (Lipinski definition) is 6. The maximum Gasteiger partial charge on any atom is 0.248 e. The standard InChI is InChI=1S/C26H26N2O5/c1-31-23-15-19(16-24(32-2)26(23)33-3)5-4-18-8-12-22(29)21(14-18)28-25(30)13-9-17-6-10-20(27)11-7-17/h4-16,29H,27H2,1-3H3,(H,28,30)/b5-4?,13-9+. The molecule has 0 aliphatic carbocycles. The van der Waals surface area contributed by atoms with E-state index in [1.807, 2.05) is 36.4 Å². The van der Waals surface area contributed by atoms with Crippen LogP contribution in [0.5, 0.6) is 23.0 Å². The first-order valence-corrected chi connectivity index (χ1v) is 10.1. The van der Waals surface area contributed by atoms with Crippen molar-refractivity contribution in [3.8, 4) is 23.0 Å². The molecule has 0 spiro atoms. The zero-order chi connectivity index (χ0) is 23.8. The summed E-state index contributed by atoms with van der Waals surface area (Å²) in [6, 6.07) is 15.7. The Kier molecular flexibility index (Phi) is 7.60. The third-order valence-corrected chi connectivity index (χ3v) is 4.80. The number of methoxy groups -OCH3 is 3. The SMILES string of the molecule is COc1cc(C=Cc2ccc(O)c(NC(=O)/C=C/c3ccc(N)cc3)c2)cc(OC)c1OC. The van der Waals surface area contributed by atoms with E-state index < -0.39 is 0 Å². The quantitative estimate of drug-likeness (QED) is 0.198. The van der Waals surface area contributed by atoms with Gasteiger partial charge in [-0.25, -0.2) is 0 Å². The van der Waals surface area contributed by atoms with Crippen LogP contribution in [0.3, 0.4) is 0 Å². The van der Waals surface area contributed by atoms with E-state index in [0.29, 0.717) is 28.6 Å². The Balaban J connectivity index is 1.76. The largest absolute Gasteiger partial charge is 0.506 e. The molecule has 0 aromatic heterocycles. The van der Waals surface area contributed by atoms with E-state index in [4.69, 9.17) is 19.9 Å². The molecule has 0 radical (unpaired) electrons. The number of phenolic OH excluding ortho intramolecular Hbond substituents is 1. The number of hydrogen-bond donors (Lipinski definition) is 3.